The van der Waals surface area contributed by atoms with Crippen molar-refractivity contribution < 1.29 is 4.74 Å². The SMILES string of the molecule is COCc1cnc2c(-c3ncc(Br)s3)cc(C)cc2n1. The van der Waals surface area contributed by atoms with Crippen molar-refractivity contribution in [2.24, 2.45) is 0 Å². The number of nitrogens with zero attached hydrogens (tertiary/aromatic N) is 3. The summed E-state index contributed by atoms with van der Waals surface area (Å²) in [5.41, 5.74) is 4.74. The highest BCUT2D eigenvalue weighted by atomic mass is 79.9. The van der Waals surface area contributed by atoms with E-state index >= 15 is 0 Å². The second kappa shape index (κ2) is 5.55. The van der Waals surface area contributed by atoms with Crippen LogP contribution in [0.4, 0.5) is 0 Å². The minimum Gasteiger partial charge on any atom is -0.378 e. The van der Waals surface area contributed by atoms with Gasteiger partial charge in [-0.25, -0.2) is 9.97 Å². The molecule has 3 rings (SSSR count). The number of aryl methyl sites for hydroxylation is 1. The Morgan fingerprint density at radius 3 is 2.80 bits per heavy atom. The maximum Gasteiger partial charge on any atom is 0.126 e. The zero-order valence-corrected chi connectivity index (χ0v) is 13.5. The molecule has 0 radical (unpaired) electrons. The average Bonchev–Trinajstić information content (AvgIpc) is 2.84. The van der Waals surface area contributed by atoms with Crippen LogP contribution in [-0.4, -0.2) is 22.1 Å². The minimum absolute atomic E-state index is 0.467. The number of ether oxygens (including phenoxy) is 1. The molecule has 0 N–H and O–H groups in total. The standard InChI is InChI=1S/C14H12BrN3OS/c1-8-3-10(14-17-6-12(15)20-14)13-11(4-8)18-9(5-16-13)7-19-2/h3-6H,7H2,1-2H3. The fraction of sp³-hybridized carbons (Fsp3) is 0.214. The third-order valence-corrected chi connectivity index (χ3v) is 4.35. The molecular formula is C14H12BrN3OS. The van der Waals surface area contributed by atoms with Crippen LogP contribution in [0, 0.1) is 6.92 Å². The van der Waals surface area contributed by atoms with Crippen LogP contribution in [-0.2, 0) is 11.3 Å². The van der Waals surface area contributed by atoms with Gasteiger partial charge in [0.05, 0.1) is 39.5 Å². The summed E-state index contributed by atoms with van der Waals surface area (Å²) >= 11 is 5.04. The van der Waals surface area contributed by atoms with E-state index in [0.717, 1.165) is 36.6 Å². The van der Waals surface area contributed by atoms with Crippen molar-refractivity contribution in [2.75, 3.05) is 7.11 Å². The van der Waals surface area contributed by atoms with E-state index in [1.165, 1.54) is 0 Å². The lowest BCUT2D eigenvalue weighted by atomic mass is 10.1. The maximum atomic E-state index is 5.11. The largest absolute Gasteiger partial charge is 0.378 e. The molecule has 6 heteroatoms. The molecule has 0 atom stereocenters. The smallest absolute Gasteiger partial charge is 0.126 e. The quantitative estimate of drug-likeness (QED) is 0.717. The van der Waals surface area contributed by atoms with Gasteiger partial charge in [0.2, 0.25) is 0 Å². The Kier molecular flexibility index (Phi) is 3.78. The normalized spacial score (nSPS) is 11.2. The number of fused-ring (bicyclic) bond motifs is 1. The maximum absolute atomic E-state index is 5.11. The highest BCUT2D eigenvalue weighted by molar-refractivity contribution is 9.11. The molecule has 1 aromatic carbocycles. The Labute approximate surface area is 129 Å². The molecule has 2 aromatic heterocycles. The number of hydrogen-bond acceptors (Lipinski definition) is 5. The predicted octanol–water partition coefficient (Wildman–Crippen LogP) is 3.97. The van der Waals surface area contributed by atoms with E-state index in [9.17, 15) is 0 Å². The van der Waals surface area contributed by atoms with E-state index in [4.69, 9.17) is 4.74 Å². The van der Waals surface area contributed by atoms with Crippen molar-refractivity contribution in [3.63, 3.8) is 0 Å². The lowest BCUT2D eigenvalue weighted by Gasteiger charge is -2.06. The van der Waals surface area contributed by atoms with Gasteiger partial charge >= 0.3 is 0 Å². The Bertz CT molecular complexity index is 772. The van der Waals surface area contributed by atoms with Gasteiger partial charge in [0.15, 0.2) is 0 Å². The zero-order chi connectivity index (χ0) is 14.1. The molecule has 0 bridgehead atoms. The summed E-state index contributed by atoms with van der Waals surface area (Å²) in [7, 11) is 1.65. The van der Waals surface area contributed by atoms with Crippen molar-refractivity contribution in [1.82, 2.24) is 15.0 Å². The zero-order valence-electron chi connectivity index (χ0n) is 11.1. The Morgan fingerprint density at radius 1 is 1.25 bits per heavy atom. The summed E-state index contributed by atoms with van der Waals surface area (Å²) < 4.78 is 6.11. The van der Waals surface area contributed by atoms with E-state index in [-0.39, 0.29) is 0 Å². The van der Waals surface area contributed by atoms with Gasteiger partial charge in [-0.1, -0.05) is 0 Å². The summed E-state index contributed by atoms with van der Waals surface area (Å²) in [6.07, 6.45) is 3.56. The first-order valence-corrected chi connectivity index (χ1v) is 7.65. The van der Waals surface area contributed by atoms with E-state index in [1.54, 1.807) is 30.8 Å². The molecule has 0 spiro atoms. The van der Waals surface area contributed by atoms with Crippen molar-refractivity contribution in [2.45, 2.75) is 13.5 Å². The van der Waals surface area contributed by atoms with E-state index in [0.29, 0.717) is 6.61 Å². The van der Waals surface area contributed by atoms with Crippen LogP contribution < -0.4 is 0 Å². The van der Waals surface area contributed by atoms with Gasteiger partial charge in [-0.05, 0) is 40.5 Å². The van der Waals surface area contributed by atoms with Gasteiger partial charge in [0.25, 0.3) is 0 Å². The molecule has 0 amide bonds. The summed E-state index contributed by atoms with van der Waals surface area (Å²) in [6, 6.07) is 4.13. The van der Waals surface area contributed by atoms with Gasteiger partial charge in [0, 0.05) is 12.7 Å². The summed E-state index contributed by atoms with van der Waals surface area (Å²) in [5, 5.41) is 0.944. The van der Waals surface area contributed by atoms with Gasteiger partial charge < -0.3 is 4.74 Å². The minimum atomic E-state index is 0.467. The fourth-order valence-electron chi connectivity index (χ4n) is 2.06. The van der Waals surface area contributed by atoms with Crippen molar-refractivity contribution in [3.8, 4) is 10.6 Å². The van der Waals surface area contributed by atoms with Crippen molar-refractivity contribution in [1.29, 1.82) is 0 Å². The summed E-state index contributed by atoms with van der Waals surface area (Å²) in [5.74, 6) is 0. The molecule has 102 valence electrons. The van der Waals surface area contributed by atoms with Crippen molar-refractivity contribution >= 4 is 38.3 Å². The molecule has 0 aliphatic rings. The first-order chi connectivity index (χ1) is 9.67. The molecule has 0 aliphatic carbocycles. The summed E-state index contributed by atoms with van der Waals surface area (Å²) in [4.78, 5) is 13.5. The number of benzene rings is 1. The van der Waals surface area contributed by atoms with E-state index in [2.05, 4.69) is 43.9 Å². The Morgan fingerprint density at radius 2 is 2.10 bits per heavy atom. The van der Waals surface area contributed by atoms with E-state index in [1.807, 2.05) is 6.07 Å². The van der Waals surface area contributed by atoms with Gasteiger partial charge in [0.1, 0.15) is 5.01 Å². The molecule has 0 saturated heterocycles. The molecule has 0 saturated carbocycles. The van der Waals surface area contributed by atoms with Gasteiger partial charge in [-0.2, -0.15) is 0 Å². The first-order valence-electron chi connectivity index (χ1n) is 6.04. The number of aromatic nitrogens is 3. The highest BCUT2D eigenvalue weighted by Crippen LogP contribution is 2.33. The summed E-state index contributed by atoms with van der Waals surface area (Å²) in [6.45, 7) is 2.52. The molecule has 3 aromatic rings. The van der Waals surface area contributed by atoms with E-state index < -0.39 is 0 Å². The Hall–Kier alpha value is -1.37. The van der Waals surface area contributed by atoms with Crippen LogP contribution in [0.25, 0.3) is 21.6 Å². The second-order valence-electron chi connectivity index (χ2n) is 4.44. The third-order valence-electron chi connectivity index (χ3n) is 2.84. The van der Waals surface area contributed by atoms with Crippen LogP contribution in [0.1, 0.15) is 11.3 Å². The average molecular weight is 350 g/mol. The number of hydrogen-bond donors (Lipinski definition) is 0. The predicted molar refractivity (Wildman–Crippen MR) is 83.8 cm³/mol. The number of methoxy groups -OCH3 is 1. The lowest BCUT2D eigenvalue weighted by molar-refractivity contribution is 0.181. The monoisotopic (exact) mass is 349 g/mol. The molecule has 2 heterocycles. The molecule has 0 aliphatic heterocycles. The second-order valence-corrected chi connectivity index (χ2v) is 6.85. The lowest BCUT2D eigenvalue weighted by Crippen LogP contribution is -1.96. The van der Waals surface area contributed by atoms with Crippen LogP contribution in [0.3, 0.4) is 0 Å². The number of thiazole rings is 1. The Balaban J connectivity index is 2.21. The highest BCUT2D eigenvalue weighted by Gasteiger charge is 2.11. The van der Waals surface area contributed by atoms with Crippen molar-refractivity contribution in [3.05, 3.63) is 39.6 Å². The molecule has 0 fully saturated rings. The molecule has 4 nitrogen and oxygen atoms in total. The topological polar surface area (TPSA) is 47.9 Å². The number of halogens is 1. The van der Waals surface area contributed by atoms with Gasteiger partial charge in [-0.15, -0.1) is 11.3 Å². The number of rotatable bonds is 3. The third kappa shape index (κ3) is 2.59. The van der Waals surface area contributed by atoms with Gasteiger partial charge in [-0.3, -0.25) is 4.98 Å². The van der Waals surface area contributed by atoms with Crippen LogP contribution in [0.15, 0.2) is 28.3 Å². The molecule has 20 heavy (non-hydrogen) atoms. The van der Waals surface area contributed by atoms with Crippen LogP contribution >= 0.6 is 27.3 Å². The molecular weight excluding hydrogens is 338 g/mol. The van der Waals surface area contributed by atoms with Crippen LogP contribution in [0.2, 0.25) is 0 Å². The molecule has 0 unspecified atom stereocenters. The first kappa shape index (κ1) is 13.6. The fourth-order valence-corrected chi connectivity index (χ4v) is 3.29. The van der Waals surface area contributed by atoms with Crippen LogP contribution in [0.5, 0.6) is 0 Å².